The van der Waals surface area contributed by atoms with E-state index in [-0.39, 0.29) is 23.0 Å². The maximum Gasteiger partial charge on any atom is 0.127 e. The molecule has 3 saturated carbocycles. The van der Waals surface area contributed by atoms with Crippen molar-refractivity contribution < 1.29 is 14.6 Å². The van der Waals surface area contributed by atoms with Crippen LogP contribution in [0, 0.1) is 35.5 Å². The first kappa shape index (κ1) is 18.7. The molecule has 0 unspecified atom stereocenters. The molecule has 0 saturated heterocycles. The average Bonchev–Trinajstić information content (AvgIpc) is 3.18. The summed E-state index contributed by atoms with van der Waals surface area (Å²) in [5.41, 5.74) is 2.89. The minimum atomic E-state index is -0.366. The van der Waals surface area contributed by atoms with Gasteiger partial charge in [0.1, 0.15) is 11.5 Å². The van der Waals surface area contributed by atoms with E-state index in [0.717, 1.165) is 55.6 Å². The third-order valence-corrected chi connectivity index (χ3v) is 9.04. The Labute approximate surface area is 168 Å². The van der Waals surface area contributed by atoms with Gasteiger partial charge < -0.3 is 14.6 Å². The Bertz CT molecular complexity index is 833. The van der Waals surface area contributed by atoms with E-state index in [2.05, 4.69) is 26.0 Å². The fraction of sp³-hybridized carbons (Fsp3) is 0.680. The lowest BCUT2D eigenvalue weighted by Gasteiger charge is -2.57. The van der Waals surface area contributed by atoms with Crippen molar-refractivity contribution in [1.82, 2.24) is 0 Å². The maximum atomic E-state index is 11.3. The second-order valence-electron chi connectivity index (χ2n) is 10.5. The van der Waals surface area contributed by atoms with Crippen molar-refractivity contribution >= 4 is 6.08 Å². The zero-order valence-electron chi connectivity index (χ0n) is 17.4. The van der Waals surface area contributed by atoms with Crippen LogP contribution in [-0.4, -0.2) is 22.4 Å². The van der Waals surface area contributed by atoms with Gasteiger partial charge in [0, 0.05) is 5.41 Å². The Morgan fingerprint density at radius 1 is 1.07 bits per heavy atom. The summed E-state index contributed by atoms with van der Waals surface area (Å²) < 4.78 is 5.76. The predicted octanol–water partition coefficient (Wildman–Crippen LogP) is 5.27. The van der Waals surface area contributed by atoms with Crippen LogP contribution < -0.4 is 0 Å². The number of hydrogen-bond donors (Lipinski definition) is 2. The van der Waals surface area contributed by atoms with E-state index in [1.54, 1.807) is 0 Å². The Balaban J connectivity index is 1.47. The minimum Gasteiger partial charge on any atom is -0.462 e. The molecule has 0 amide bonds. The van der Waals surface area contributed by atoms with Crippen LogP contribution >= 0.6 is 0 Å². The molecule has 3 fully saturated rings. The molecule has 4 aliphatic carbocycles. The van der Waals surface area contributed by atoms with Crippen LogP contribution in [0.1, 0.15) is 70.3 Å². The summed E-state index contributed by atoms with van der Waals surface area (Å²) in [6, 6.07) is 4.00. The van der Waals surface area contributed by atoms with Crippen LogP contribution in [0.25, 0.3) is 6.08 Å². The van der Waals surface area contributed by atoms with Gasteiger partial charge in [-0.1, -0.05) is 25.5 Å². The quantitative estimate of drug-likeness (QED) is 0.651. The summed E-state index contributed by atoms with van der Waals surface area (Å²) in [5.74, 6) is 3.65. The highest BCUT2D eigenvalue weighted by atomic mass is 16.3. The van der Waals surface area contributed by atoms with Gasteiger partial charge in [-0.25, -0.2) is 0 Å². The largest absolute Gasteiger partial charge is 0.462 e. The third-order valence-electron chi connectivity index (χ3n) is 9.04. The number of aliphatic hydroxyl groups excluding tert-OH is 2. The molecule has 0 bridgehead atoms. The van der Waals surface area contributed by atoms with Gasteiger partial charge in [0.2, 0.25) is 0 Å². The molecule has 3 nitrogen and oxygen atoms in total. The van der Waals surface area contributed by atoms with Gasteiger partial charge in [0.25, 0.3) is 0 Å². The number of allylic oxidation sites excluding steroid dienone is 1. The van der Waals surface area contributed by atoms with E-state index in [1.807, 2.05) is 19.1 Å². The van der Waals surface area contributed by atoms with E-state index >= 15 is 0 Å². The highest BCUT2D eigenvalue weighted by molar-refractivity contribution is 5.51. The van der Waals surface area contributed by atoms with Gasteiger partial charge in [0.15, 0.2) is 0 Å². The maximum absolute atomic E-state index is 11.3. The Morgan fingerprint density at radius 3 is 2.64 bits per heavy atom. The number of furan rings is 1. The van der Waals surface area contributed by atoms with Crippen LogP contribution in [-0.2, 0) is 0 Å². The zero-order chi connectivity index (χ0) is 19.7. The smallest absolute Gasteiger partial charge is 0.127 e. The monoisotopic (exact) mass is 382 g/mol. The zero-order valence-corrected chi connectivity index (χ0v) is 17.4. The van der Waals surface area contributed by atoms with Crippen molar-refractivity contribution in [2.24, 2.45) is 28.6 Å². The molecule has 5 rings (SSSR count). The molecule has 28 heavy (non-hydrogen) atoms. The van der Waals surface area contributed by atoms with E-state index in [4.69, 9.17) is 4.42 Å². The van der Waals surface area contributed by atoms with Crippen molar-refractivity contribution in [3.05, 3.63) is 40.9 Å². The molecule has 0 aromatic carbocycles. The summed E-state index contributed by atoms with van der Waals surface area (Å²) in [7, 11) is 0. The highest BCUT2D eigenvalue weighted by Gasteiger charge is 2.59. The molecule has 7 atom stereocenters. The van der Waals surface area contributed by atoms with Crippen molar-refractivity contribution in [3.8, 4) is 0 Å². The first-order valence-corrected chi connectivity index (χ1v) is 11.1. The predicted molar refractivity (Wildman–Crippen MR) is 111 cm³/mol. The van der Waals surface area contributed by atoms with E-state index in [0.29, 0.717) is 17.8 Å². The minimum absolute atomic E-state index is 0.0233. The molecule has 1 aromatic rings. The first-order chi connectivity index (χ1) is 13.3. The van der Waals surface area contributed by atoms with Crippen molar-refractivity contribution in [1.29, 1.82) is 0 Å². The average molecular weight is 383 g/mol. The molecule has 152 valence electrons. The second kappa shape index (κ2) is 6.34. The molecule has 1 heterocycles. The van der Waals surface area contributed by atoms with Gasteiger partial charge >= 0.3 is 0 Å². The van der Waals surface area contributed by atoms with Crippen molar-refractivity contribution in [3.63, 3.8) is 0 Å². The Morgan fingerprint density at radius 2 is 1.89 bits per heavy atom. The van der Waals surface area contributed by atoms with E-state index in [1.165, 1.54) is 12.0 Å². The lowest BCUT2D eigenvalue weighted by atomic mass is 9.48. The van der Waals surface area contributed by atoms with Gasteiger partial charge in [-0.05, 0) is 98.8 Å². The molecule has 4 aliphatic rings. The molecular weight excluding hydrogens is 348 g/mol. The third kappa shape index (κ3) is 2.62. The fourth-order valence-electron chi connectivity index (χ4n) is 7.35. The van der Waals surface area contributed by atoms with E-state index in [9.17, 15) is 10.2 Å². The van der Waals surface area contributed by atoms with Crippen LogP contribution in [0.5, 0.6) is 0 Å². The van der Waals surface area contributed by atoms with Crippen LogP contribution in [0.2, 0.25) is 0 Å². The fourth-order valence-corrected chi connectivity index (χ4v) is 7.35. The topological polar surface area (TPSA) is 53.6 Å². The molecule has 1 aromatic heterocycles. The standard InChI is InChI=1S/C25H34O3/c1-15-4-6-19(28-15)12-16-13-22-20-7-5-17-14-18(26)8-10-24(17,2)21(20)9-11-25(22,3)23(16)27/h4-6,12,18,20-23,26-27H,7-11,13-14H2,1-3H3/b16-12+/t18-,20-,21+,22+,23-,24-,25-/m0/s1. The van der Waals surface area contributed by atoms with E-state index < -0.39 is 0 Å². The molecule has 3 heteroatoms. The molecular formula is C25H34O3. The summed E-state index contributed by atoms with van der Waals surface area (Å²) >= 11 is 0. The lowest BCUT2D eigenvalue weighted by molar-refractivity contribution is -0.0685. The molecule has 0 aliphatic heterocycles. The van der Waals surface area contributed by atoms with Gasteiger partial charge in [-0.3, -0.25) is 0 Å². The summed E-state index contributed by atoms with van der Waals surface area (Å²) in [6.45, 7) is 6.74. The number of rotatable bonds is 1. The van der Waals surface area contributed by atoms with Gasteiger partial charge in [-0.15, -0.1) is 0 Å². The SMILES string of the molecule is Cc1ccc(/C=C2\C[C@@H]3[C@H]4CC=C5C[C@@H](O)CC[C@]5(C)[C@@H]4CC[C@]3(C)[C@H]2O)o1. The van der Waals surface area contributed by atoms with Crippen LogP contribution in [0.15, 0.2) is 33.8 Å². The molecule has 0 radical (unpaired) electrons. The second-order valence-corrected chi connectivity index (χ2v) is 10.5. The van der Waals surface area contributed by atoms with Gasteiger partial charge in [0.05, 0.1) is 12.2 Å². The first-order valence-electron chi connectivity index (χ1n) is 11.1. The van der Waals surface area contributed by atoms with Crippen LogP contribution in [0.3, 0.4) is 0 Å². The number of aryl methyl sites for hydroxylation is 1. The van der Waals surface area contributed by atoms with Crippen molar-refractivity contribution in [2.45, 2.75) is 77.9 Å². The summed E-state index contributed by atoms with van der Waals surface area (Å²) in [5, 5.41) is 21.4. The Hall–Kier alpha value is -1.32. The lowest BCUT2D eigenvalue weighted by Crippen LogP contribution is -2.51. The summed E-state index contributed by atoms with van der Waals surface area (Å²) in [6.07, 6.45) is 11.4. The molecule has 0 spiro atoms. The molecule has 2 N–H and O–H groups in total. The number of aliphatic hydroxyl groups is 2. The number of fused-ring (bicyclic) bond motifs is 5. The Kier molecular flexibility index (Phi) is 4.23. The summed E-state index contributed by atoms with van der Waals surface area (Å²) in [4.78, 5) is 0. The van der Waals surface area contributed by atoms with Crippen molar-refractivity contribution in [2.75, 3.05) is 0 Å². The number of hydrogen-bond acceptors (Lipinski definition) is 3. The highest BCUT2D eigenvalue weighted by Crippen LogP contribution is 2.65. The normalized spacial score (nSPS) is 46.7. The van der Waals surface area contributed by atoms with Crippen LogP contribution in [0.4, 0.5) is 0 Å². The van der Waals surface area contributed by atoms with Gasteiger partial charge in [-0.2, -0.15) is 0 Å².